The molecule has 1 N–H and O–H groups in total. The van der Waals surface area contributed by atoms with Gasteiger partial charge in [0.15, 0.2) is 5.78 Å². The van der Waals surface area contributed by atoms with E-state index in [4.69, 9.17) is 23.2 Å². The first kappa shape index (κ1) is 13.7. The van der Waals surface area contributed by atoms with Gasteiger partial charge in [-0.05, 0) is 18.2 Å². The summed E-state index contributed by atoms with van der Waals surface area (Å²) in [6, 6.07) is 14.1. The first-order chi connectivity index (χ1) is 9.16. The highest BCUT2D eigenvalue weighted by Crippen LogP contribution is 2.25. The summed E-state index contributed by atoms with van der Waals surface area (Å²) in [5.41, 5.74) is 1.30. The van der Waals surface area contributed by atoms with Gasteiger partial charge in [-0.2, -0.15) is 0 Å². The van der Waals surface area contributed by atoms with E-state index in [2.05, 4.69) is 5.32 Å². The summed E-state index contributed by atoms with van der Waals surface area (Å²) >= 11 is 11.9. The van der Waals surface area contributed by atoms with Crippen LogP contribution < -0.4 is 5.32 Å². The zero-order chi connectivity index (χ0) is 13.7. The third kappa shape index (κ3) is 3.85. The quantitative estimate of drug-likeness (QED) is 0.647. The molecule has 2 aromatic carbocycles. The van der Waals surface area contributed by atoms with Gasteiger partial charge in [-0.25, -0.2) is 0 Å². The van der Waals surface area contributed by atoms with E-state index < -0.39 is 0 Å². The summed E-state index contributed by atoms with van der Waals surface area (Å²) in [5, 5.41) is 4.06. The van der Waals surface area contributed by atoms with Crippen molar-refractivity contribution in [3.05, 3.63) is 76.4 Å². The summed E-state index contributed by atoms with van der Waals surface area (Å²) in [6.45, 7) is 0. The molecule has 0 aromatic heterocycles. The van der Waals surface area contributed by atoms with Crippen LogP contribution in [-0.2, 0) is 0 Å². The van der Waals surface area contributed by atoms with Crippen LogP contribution in [0.4, 0.5) is 5.69 Å². The summed E-state index contributed by atoms with van der Waals surface area (Å²) < 4.78 is 0. The Kier molecular flexibility index (Phi) is 4.61. The number of ketones is 1. The van der Waals surface area contributed by atoms with Crippen molar-refractivity contribution in [1.29, 1.82) is 0 Å². The van der Waals surface area contributed by atoms with Crippen molar-refractivity contribution < 1.29 is 4.79 Å². The topological polar surface area (TPSA) is 29.1 Å². The maximum absolute atomic E-state index is 11.8. The molecule has 2 rings (SSSR count). The summed E-state index contributed by atoms with van der Waals surface area (Å²) in [7, 11) is 0. The average molecular weight is 292 g/mol. The molecule has 96 valence electrons. The van der Waals surface area contributed by atoms with E-state index in [0.717, 1.165) is 0 Å². The highest BCUT2D eigenvalue weighted by atomic mass is 35.5. The van der Waals surface area contributed by atoms with Crippen molar-refractivity contribution in [2.45, 2.75) is 0 Å². The Morgan fingerprint density at radius 1 is 1.05 bits per heavy atom. The Morgan fingerprint density at radius 3 is 2.53 bits per heavy atom. The highest BCUT2D eigenvalue weighted by Gasteiger charge is 2.01. The Hall–Kier alpha value is -1.77. The molecule has 0 saturated carbocycles. The van der Waals surface area contributed by atoms with Crippen LogP contribution in [0.25, 0.3) is 0 Å². The van der Waals surface area contributed by atoms with Gasteiger partial charge in [0.1, 0.15) is 0 Å². The summed E-state index contributed by atoms with van der Waals surface area (Å²) in [4.78, 5) is 11.8. The van der Waals surface area contributed by atoms with Crippen molar-refractivity contribution in [3.8, 4) is 0 Å². The van der Waals surface area contributed by atoms with Crippen LogP contribution >= 0.6 is 23.2 Å². The smallest absolute Gasteiger partial charge is 0.187 e. The molecule has 2 aromatic rings. The number of benzene rings is 2. The van der Waals surface area contributed by atoms with E-state index in [0.29, 0.717) is 21.3 Å². The fraction of sp³-hybridized carbons (Fsp3) is 0. The maximum Gasteiger partial charge on any atom is 0.187 e. The summed E-state index contributed by atoms with van der Waals surface area (Å²) in [6.07, 6.45) is 3.00. The lowest BCUT2D eigenvalue weighted by atomic mass is 10.1. The van der Waals surface area contributed by atoms with Gasteiger partial charge in [-0.15, -0.1) is 0 Å². The van der Waals surface area contributed by atoms with Gasteiger partial charge in [0.25, 0.3) is 0 Å². The lowest BCUT2D eigenvalue weighted by molar-refractivity contribution is 0.104. The molecular weight excluding hydrogens is 281 g/mol. The molecule has 0 aliphatic heterocycles. The van der Waals surface area contributed by atoms with Crippen molar-refractivity contribution in [2.24, 2.45) is 0 Å². The van der Waals surface area contributed by atoms with Gasteiger partial charge < -0.3 is 5.32 Å². The van der Waals surface area contributed by atoms with Gasteiger partial charge in [0, 0.05) is 22.9 Å². The molecular formula is C15H11Cl2NO. The lowest BCUT2D eigenvalue weighted by Crippen LogP contribution is -1.96. The molecule has 0 radical (unpaired) electrons. The number of rotatable bonds is 4. The van der Waals surface area contributed by atoms with Crippen LogP contribution in [0.2, 0.25) is 10.0 Å². The third-order valence-corrected chi connectivity index (χ3v) is 3.02. The van der Waals surface area contributed by atoms with Crippen LogP contribution in [0.15, 0.2) is 60.8 Å². The first-order valence-corrected chi connectivity index (χ1v) is 6.40. The monoisotopic (exact) mass is 291 g/mol. The van der Waals surface area contributed by atoms with E-state index in [1.807, 2.05) is 18.2 Å². The number of halogens is 2. The lowest BCUT2D eigenvalue weighted by Gasteiger charge is -2.03. The molecule has 0 saturated heterocycles. The Balaban J connectivity index is 2.04. The molecule has 2 nitrogen and oxygen atoms in total. The Morgan fingerprint density at radius 2 is 1.79 bits per heavy atom. The second-order valence-electron chi connectivity index (χ2n) is 3.83. The number of carbonyl (C=O) groups excluding carboxylic acids is 1. The predicted octanol–water partition coefficient (Wildman–Crippen LogP) is 4.80. The number of nitrogens with one attached hydrogen (secondary N) is 1. The molecule has 0 spiro atoms. The fourth-order valence-electron chi connectivity index (χ4n) is 1.51. The number of hydrogen-bond acceptors (Lipinski definition) is 2. The van der Waals surface area contributed by atoms with Gasteiger partial charge in [-0.3, -0.25) is 4.79 Å². The van der Waals surface area contributed by atoms with Crippen LogP contribution in [0.5, 0.6) is 0 Å². The van der Waals surface area contributed by atoms with Gasteiger partial charge in [0.05, 0.1) is 10.7 Å². The van der Waals surface area contributed by atoms with E-state index in [9.17, 15) is 4.79 Å². The van der Waals surface area contributed by atoms with Gasteiger partial charge >= 0.3 is 0 Å². The van der Waals surface area contributed by atoms with Crippen LogP contribution in [0.3, 0.4) is 0 Å². The highest BCUT2D eigenvalue weighted by molar-refractivity contribution is 6.35. The molecule has 0 fully saturated rings. The van der Waals surface area contributed by atoms with Crippen molar-refractivity contribution in [2.75, 3.05) is 5.32 Å². The minimum atomic E-state index is -0.0775. The predicted molar refractivity (Wildman–Crippen MR) is 80.0 cm³/mol. The largest absolute Gasteiger partial charge is 0.360 e. The van der Waals surface area contributed by atoms with Gasteiger partial charge in [0.2, 0.25) is 0 Å². The molecule has 0 aliphatic carbocycles. The normalized spacial score (nSPS) is 10.6. The molecule has 0 unspecified atom stereocenters. The molecule has 19 heavy (non-hydrogen) atoms. The standard InChI is InChI=1S/C15H11Cl2NO/c16-12-6-7-13(17)14(10-12)18-9-8-15(19)11-4-2-1-3-5-11/h1-10,18H/b9-8+. The maximum atomic E-state index is 11.8. The van der Waals surface area contributed by atoms with Gasteiger partial charge in [-0.1, -0.05) is 53.5 Å². The van der Waals surface area contributed by atoms with E-state index in [1.165, 1.54) is 6.08 Å². The van der Waals surface area contributed by atoms with E-state index in [-0.39, 0.29) is 5.78 Å². The van der Waals surface area contributed by atoms with Crippen LogP contribution in [0.1, 0.15) is 10.4 Å². The molecule has 0 amide bonds. The van der Waals surface area contributed by atoms with E-state index in [1.54, 1.807) is 36.5 Å². The van der Waals surface area contributed by atoms with Crippen LogP contribution in [0, 0.1) is 0 Å². The SMILES string of the molecule is O=C(/C=C/Nc1cc(Cl)ccc1Cl)c1ccccc1. The second kappa shape index (κ2) is 6.41. The molecule has 0 heterocycles. The third-order valence-electron chi connectivity index (χ3n) is 2.46. The van der Waals surface area contributed by atoms with Crippen LogP contribution in [-0.4, -0.2) is 5.78 Å². The molecule has 0 atom stereocenters. The zero-order valence-electron chi connectivity index (χ0n) is 9.94. The minimum Gasteiger partial charge on any atom is -0.360 e. The Bertz CT molecular complexity index is 609. The van der Waals surface area contributed by atoms with Crippen molar-refractivity contribution in [1.82, 2.24) is 0 Å². The number of anilines is 1. The minimum absolute atomic E-state index is 0.0775. The number of carbonyl (C=O) groups is 1. The summed E-state index contributed by atoms with van der Waals surface area (Å²) in [5.74, 6) is -0.0775. The van der Waals surface area contributed by atoms with Crippen molar-refractivity contribution >= 4 is 34.7 Å². The fourth-order valence-corrected chi connectivity index (χ4v) is 1.86. The van der Waals surface area contributed by atoms with E-state index >= 15 is 0 Å². The molecule has 0 aliphatic rings. The number of allylic oxidation sites excluding steroid dienone is 1. The molecule has 4 heteroatoms. The second-order valence-corrected chi connectivity index (χ2v) is 4.68. The van der Waals surface area contributed by atoms with Crippen molar-refractivity contribution in [3.63, 3.8) is 0 Å². The average Bonchev–Trinajstić information content (AvgIpc) is 2.43. The first-order valence-electron chi connectivity index (χ1n) is 5.64. The zero-order valence-corrected chi connectivity index (χ0v) is 11.4. The Labute approximate surface area is 121 Å². The number of hydrogen-bond donors (Lipinski definition) is 1. The molecule has 0 bridgehead atoms.